The summed E-state index contributed by atoms with van der Waals surface area (Å²) in [6.07, 6.45) is 1.98. The topological polar surface area (TPSA) is 84.2 Å². The monoisotopic (exact) mass is 299 g/mol. The Labute approximate surface area is 127 Å². The average molecular weight is 299 g/mol. The fourth-order valence-electron chi connectivity index (χ4n) is 2.14. The molecule has 1 unspecified atom stereocenters. The molecule has 1 aromatic carbocycles. The molecule has 0 aliphatic heterocycles. The van der Waals surface area contributed by atoms with Gasteiger partial charge in [-0.15, -0.1) is 0 Å². The Morgan fingerprint density at radius 2 is 2.00 bits per heavy atom. The van der Waals surface area contributed by atoms with Crippen LogP contribution in [0.4, 0.5) is 0 Å². The van der Waals surface area contributed by atoms with Crippen molar-refractivity contribution < 1.29 is 14.1 Å². The molecule has 0 saturated heterocycles. The van der Waals surface area contributed by atoms with Crippen molar-refractivity contribution in [2.24, 2.45) is 0 Å². The summed E-state index contributed by atoms with van der Waals surface area (Å²) in [7, 11) is 0. The van der Waals surface area contributed by atoms with Gasteiger partial charge in [0.05, 0.1) is 0 Å². The van der Waals surface area contributed by atoms with E-state index in [1.54, 1.807) is 6.92 Å². The van der Waals surface area contributed by atoms with E-state index in [9.17, 15) is 9.59 Å². The van der Waals surface area contributed by atoms with Crippen LogP contribution in [0.3, 0.4) is 0 Å². The molecule has 2 amide bonds. The Balaban J connectivity index is 1.78. The lowest BCUT2D eigenvalue weighted by Gasteiger charge is -2.18. The highest BCUT2D eigenvalue weighted by Crippen LogP contribution is 2.21. The van der Waals surface area contributed by atoms with Crippen LogP contribution in [0.15, 0.2) is 40.9 Å². The Morgan fingerprint density at radius 1 is 1.27 bits per heavy atom. The summed E-state index contributed by atoms with van der Waals surface area (Å²) in [4.78, 5) is 24.6. The highest BCUT2D eigenvalue weighted by atomic mass is 16.5. The average Bonchev–Trinajstić information content (AvgIpc) is 3.23. The summed E-state index contributed by atoms with van der Waals surface area (Å²) in [5.74, 6) is -0.0947. The Kier molecular flexibility index (Phi) is 3.91. The zero-order valence-electron chi connectivity index (χ0n) is 12.2. The van der Waals surface area contributed by atoms with E-state index in [1.807, 2.05) is 30.3 Å². The molecule has 6 heteroatoms. The van der Waals surface area contributed by atoms with Gasteiger partial charge in [-0.3, -0.25) is 9.59 Å². The molecule has 1 atom stereocenters. The molecule has 1 heterocycles. The van der Waals surface area contributed by atoms with Crippen molar-refractivity contribution in [1.82, 2.24) is 15.8 Å². The first-order chi connectivity index (χ1) is 10.6. The normalized spacial score (nSPS) is 15.1. The van der Waals surface area contributed by atoms with Crippen molar-refractivity contribution >= 4 is 11.8 Å². The van der Waals surface area contributed by atoms with E-state index in [4.69, 9.17) is 4.52 Å². The molecule has 114 valence electrons. The molecule has 1 aliphatic rings. The number of aryl methyl sites for hydroxylation is 1. The molecule has 2 aromatic rings. The van der Waals surface area contributed by atoms with Crippen LogP contribution in [0.25, 0.3) is 0 Å². The number of nitrogens with zero attached hydrogens (tertiary/aromatic N) is 1. The number of aromatic nitrogens is 1. The second-order valence-electron chi connectivity index (χ2n) is 5.42. The number of benzene rings is 1. The molecule has 3 rings (SSSR count). The van der Waals surface area contributed by atoms with Gasteiger partial charge in [0.1, 0.15) is 11.8 Å². The van der Waals surface area contributed by atoms with Gasteiger partial charge in [-0.25, -0.2) is 0 Å². The van der Waals surface area contributed by atoms with Gasteiger partial charge in [-0.2, -0.15) is 0 Å². The van der Waals surface area contributed by atoms with Crippen molar-refractivity contribution in [3.8, 4) is 0 Å². The first-order valence-corrected chi connectivity index (χ1v) is 7.23. The van der Waals surface area contributed by atoms with Crippen LogP contribution in [-0.2, 0) is 4.79 Å². The van der Waals surface area contributed by atoms with Crippen LogP contribution in [0.5, 0.6) is 0 Å². The van der Waals surface area contributed by atoms with Crippen molar-refractivity contribution in [2.45, 2.75) is 31.8 Å². The molecule has 1 aromatic heterocycles. The minimum atomic E-state index is -0.744. The molecule has 1 fully saturated rings. The van der Waals surface area contributed by atoms with Gasteiger partial charge in [0.15, 0.2) is 5.69 Å². The van der Waals surface area contributed by atoms with Crippen LogP contribution in [0, 0.1) is 6.92 Å². The molecular formula is C16H17N3O3. The Morgan fingerprint density at radius 3 is 2.59 bits per heavy atom. The first-order valence-electron chi connectivity index (χ1n) is 7.23. The minimum absolute atomic E-state index is 0.164. The SMILES string of the molecule is Cc1cc(C(=O)NC(C(=O)NC2CC2)c2ccccc2)no1. The molecule has 0 bridgehead atoms. The van der Waals surface area contributed by atoms with E-state index in [1.165, 1.54) is 6.07 Å². The van der Waals surface area contributed by atoms with Crippen LogP contribution < -0.4 is 10.6 Å². The van der Waals surface area contributed by atoms with Crippen molar-refractivity contribution in [2.75, 3.05) is 0 Å². The summed E-state index contributed by atoms with van der Waals surface area (Å²) >= 11 is 0. The number of hydrogen-bond acceptors (Lipinski definition) is 4. The van der Waals surface area contributed by atoms with E-state index in [0.29, 0.717) is 5.76 Å². The van der Waals surface area contributed by atoms with Crippen molar-refractivity contribution in [1.29, 1.82) is 0 Å². The van der Waals surface area contributed by atoms with Gasteiger partial charge >= 0.3 is 0 Å². The predicted octanol–water partition coefficient (Wildman–Crippen LogP) is 1.73. The zero-order valence-corrected chi connectivity index (χ0v) is 12.2. The van der Waals surface area contributed by atoms with Gasteiger partial charge < -0.3 is 15.2 Å². The highest BCUT2D eigenvalue weighted by molar-refractivity contribution is 5.96. The lowest BCUT2D eigenvalue weighted by molar-refractivity contribution is -0.123. The number of nitrogens with one attached hydrogen (secondary N) is 2. The third-order valence-corrected chi connectivity index (χ3v) is 3.45. The van der Waals surface area contributed by atoms with E-state index in [0.717, 1.165) is 18.4 Å². The van der Waals surface area contributed by atoms with Crippen molar-refractivity contribution in [3.05, 3.63) is 53.4 Å². The van der Waals surface area contributed by atoms with Gasteiger partial charge in [0.2, 0.25) is 5.91 Å². The van der Waals surface area contributed by atoms with Crippen LogP contribution in [0.2, 0.25) is 0 Å². The largest absolute Gasteiger partial charge is 0.361 e. The maximum absolute atomic E-state index is 12.4. The highest BCUT2D eigenvalue weighted by Gasteiger charge is 2.30. The third-order valence-electron chi connectivity index (χ3n) is 3.45. The summed E-state index contributed by atoms with van der Waals surface area (Å²) in [5, 5.41) is 9.32. The second kappa shape index (κ2) is 6.01. The number of carbonyl (C=O) groups is 2. The molecule has 0 spiro atoms. The van der Waals surface area contributed by atoms with Crippen molar-refractivity contribution in [3.63, 3.8) is 0 Å². The minimum Gasteiger partial charge on any atom is -0.361 e. The number of hydrogen-bond donors (Lipinski definition) is 2. The maximum Gasteiger partial charge on any atom is 0.274 e. The van der Waals surface area contributed by atoms with Gasteiger partial charge in [0.25, 0.3) is 5.91 Å². The summed E-state index contributed by atoms with van der Waals surface area (Å²) in [6, 6.07) is 10.2. The van der Waals surface area contributed by atoms with E-state index in [-0.39, 0.29) is 17.6 Å². The molecule has 22 heavy (non-hydrogen) atoms. The quantitative estimate of drug-likeness (QED) is 0.880. The number of amides is 2. The fourth-order valence-corrected chi connectivity index (χ4v) is 2.14. The Hall–Kier alpha value is -2.63. The first kappa shape index (κ1) is 14.3. The smallest absolute Gasteiger partial charge is 0.274 e. The van der Waals surface area contributed by atoms with Gasteiger partial charge in [0, 0.05) is 12.1 Å². The molecule has 1 aliphatic carbocycles. The molecular weight excluding hydrogens is 282 g/mol. The summed E-state index contributed by atoms with van der Waals surface area (Å²) in [6.45, 7) is 1.71. The van der Waals surface area contributed by atoms with E-state index < -0.39 is 11.9 Å². The summed E-state index contributed by atoms with van der Waals surface area (Å²) in [5.41, 5.74) is 0.895. The summed E-state index contributed by atoms with van der Waals surface area (Å²) < 4.78 is 4.90. The Bertz CT molecular complexity index is 677. The second-order valence-corrected chi connectivity index (χ2v) is 5.42. The van der Waals surface area contributed by atoms with Crippen LogP contribution >= 0.6 is 0 Å². The van der Waals surface area contributed by atoms with E-state index >= 15 is 0 Å². The van der Waals surface area contributed by atoms with Gasteiger partial charge in [-0.1, -0.05) is 35.5 Å². The third kappa shape index (κ3) is 3.33. The number of rotatable bonds is 5. The van der Waals surface area contributed by atoms with Crippen LogP contribution in [-0.4, -0.2) is 23.0 Å². The van der Waals surface area contributed by atoms with E-state index in [2.05, 4.69) is 15.8 Å². The predicted molar refractivity (Wildman–Crippen MR) is 79.1 cm³/mol. The zero-order chi connectivity index (χ0) is 15.5. The lowest BCUT2D eigenvalue weighted by Crippen LogP contribution is -2.41. The maximum atomic E-state index is 12.4. The fraction of sp³-hybridized carbons (Fsp3) is 0.312. The molecule has 2 N–H and O–H groups in total. The molecule has 1 saturated carbocycles. The molecule has 6 nitrogen and oxygen atoms in total. The standard InChI is InChI=1S/C16H17N3O3/c1-10-9-13(19-22-10)15(20)18-14(11-5-3-2-4-6-11)16(21)17-12-7-8-12/h2-6,9,12,14H,7-8H2,1H3,(H,17,21)(H,18,20). The number of carbonyl (C=O) groups excluding carboxylic acids is 2. The van der Waals surface area contributed by atoms with Gasteiger partial charge in [-0.05, 0) is 25.3 Å². The molecule has 0 radical (unpaired) electrons. The van der Waals surface area contributed by atoms with Crippen LogP contribution in [0.1, 0.15) is 40.7 Å². The lowest BCUT2D eigenvalue weighted by atomic mass is 10.1.